The first-order chi connectivity index (χ1) is 29.9. The van der Waals surface area contributed by atoms with Crippen molar-refractivity contribution in [2.75, 3.05) is 0 Å². The predicted molar refractivity (Wildman–Crippen MR) is 286 cm³/mol. The third kappa shape index (κ3) is 31.0. The van der Waals surface area contributed by atoms with Crippen LogP contribution >= 0.6 is 17.1 Å². The molecule has 3 unspecified atom stereocenters. The first-order valence-corrected chi connectivity index (χ1v) is 34.4. The molecule has 0 aliphatic carbocycles. The van der Waals surface area contributed by atoms with Gasteiger partial charge in [-0.15, -0.1) is 0 Å². The normalized spacial score (nSPS) is 13.7. The summed E-state index contributed by atoms with van der Waals surface area (Å²) in [5.74, 6) is 1.90. The Balaban J connectivity index is 0.000000923. The fourth-order valence-electron chi connectivity index (χ4n) is 7.36. The van der Waals surface area contributed by atoms with Crippen molar-refractivity contribution in [2.45, 2.75) is 196 Å². The Bertz CT molecular complexity index is 1630. The van der Waals surface area contributed by atoms with Gasteiger partial charge in [0.05, 0.1) is 0 Å². The largest absolute Gasteiger partial charge is 6.00 e. The van der Waals surface area contributed by atoms with Crippen LogP contribution in [0.4, 0.5) is 0 Å². The molecule has 0 radical (unpaired) electrons. The van der Waals surface area contributed by atoms with Crippen molar-refractivity contribution in [3.63, 3.8) is 0 Å². The zero-order valence-corrected chi connectivity index (χ0v) is 48.9. The van der Waals surface area contributed by atoms with Crippen LogP contribution in [-0.4, -0.2) is 0 Å². The van der Waals surface area contributed by atoms with Crippen molar-refractivity contribution in [2.24, 2.45) is 0 Å². The molecule has 64 heavy (non-hydrogen) atoms. The van der Waals surface area contributed by atoms with Crippen LogP contribution in [0.1, 0.15) is 190 Å². The summed E-state index contributed by atoms with van der Waals surface area (Å²) < 4.78 is 16.2. The molecular weight excluding hydrogens is 1050 g/mol. The first-order valence-electron chi connectivity index (χ1n) is 23.4. The summed E-state index contributed by atoms with van der Waals surface area (Å²) in [6.07, 6.45) is 27.1. The molecule has 0 aromatic heterocycles. The van der Waals surface area contributed by atoms with E-state index in [1.807, 2.05) is 36.4 Å². The van der Waals surface area contributed by atoms with Crippen molar-refractivity contribution >= 4 is 89.2 Å². The second-order valence-corrected chi connectivity index (χ2v) is 30.0. The van der Waals surface area contributed by atoms with Gasteiger partial charge in [0.15, 0.2) is 0 Å². The number of rotatable bonds is 30. The molecule has 0 saturated heterocycles. The maximum Gasteiger partial charge on any atom is 6.00 e. The molecule has 6 nitrogen and oxygen atoms in total. The summed E-state index contributed by atoms with van der Waals surface area (Å²) in [5.41, 5.74) is -2.70. The van der Waals surface area contributed by atoms with Gasteiger partial charge in [0.2, 0.25) is 0 Å². The minimum absolute atomic E-state index is 0. The van der Waals surface area contributed by atoms with Gasteiger partial charge in [0, 0.05) is 0 Å². The summed E-state index contributed by atoms with van der Waals surface area (Å²) in [6, 6.07) is 17.8. The van der Waals surface area contributed by atoms with E-state index in [1.54, 1.807) is 0 Å². The third-order valence-corrected chi connectivity index (χ3v) is 13.2. The summed E-state index contributed by atoms with van der Waals surface area (Å²) >= 11 is 28.6. The van der Waals surface area contributed by atoms with Crippen LogP contribution in [0, 0.1) is 0 Å². The molecule has 0 aliphatic rings. The van der Waals surface area contributed by atoms with Crippen LogP contribution in [0.15, 0.2) is 54.6 Å². The Morgan fingerprint density at radius 3 is 0.766 bits per heavy atom. The Morgan fingerprint density at radius 1 is 0.375 bits per heavy atom. The molecule has 3 rings (SSSR count). The van der Waals surface area contributed by atoms with E-state index in [-0.39, 0.29) is 21.1 Å². The van der Waals surface area contributed by atoms with Crippen LogP contribution in [-0.2, 0) is 132 Å². The SMILES string of the molecule is CCCCCc1cccc(OP([O-])(=S)[S-])c1CCCCC.CCCCCc1cccc(OP([O-])(=S)[S-])c1CCCCC.CCCCCc1cccc(OP([O-])(=S)[S-])c1CCCCC.[Mo+6]. The minimum atomic E-state index is -3.34. The molecule has 3 aromatic rings. The molecule has 3 aromatic carbocycles. The second-order valence-electron chi connectivity index (χ2n) is 16.0. The fraction of sp³-hybridized carbons (Fsp3) is 0.625. The topological polar surface area (TPSA) is 96.9 Å². The molecule has 0 heterocycles. The van der Waals surface area contributed by atoms with Gasteiger partial charge < -0.3 is 65.0 Å². The number of benzene rings is 3. The van der Waals surface area contributed by atoms with Gasteiger partial charge in [0.25, 0.3) is 0 Å². The molecule has 0 fully saturated rings. The van der Waals surface area contributed by atoms with Crippen molar-refractivity contribution in [1.82, 2.24) is 0 Å². The zero-order valence-electron chi connectivity index (χ0n) is 39.3. The summed E-state index contributed by atoms with van der Waals surface area (Å²) in [7, 11) is 0. The van der Waals surface area contributed by atoms with Crippen molar-refractivity contribution in [1.29, 1.82) is 0 Å². The number of unbranched alkanes of at least 4 members (excludes halogenated alkanes) is 12. The second kappa shape index (κ2) is 37.5. The Hall–Kier alpha value is 0.628. The van der Waals surface area contributed by atoms with Crippen LogP contribution in [0.2, 0.25) is 0 Å². The molecule has 360 valence electrons. The van der Waals surface area contributed by atoms with Crippen molar-refractivity contribution < 1.29 is 49.3 Å². The molecular formula is C48H75MoO6P3S6. The van der Waals surface area contributed by atoms with E-state index in [2.05, 4.69) is 59.7 Å². The zero-order chi connectivity index (χ0) is 47.2. The van der Waals surface area contributed by atoms with Gasteiger partial charge in [-0.1, -0.05) is 207 Å². The van der Waals surface area contributed by atoms with Gasteiger partial charge >= 0.3 is 21.1 Å². The predicted octanol–water partition coefficient (Wildman–Crippen LogP) is 14.0. The van der Waals surface area contributed by atoms with Crippen LogP contribution < -0.4 is 28.3 Å². The number of aryl methyl sites for hydroxylation is 3. The van der Waals surface area contributed by atoms with E-state index in [4.69, 9.17) is 85.7 Å². The number of hydrogen-bond acceptors (Lipinski definition) is 12. The van der Waals surface area contributed by atoms with Gasteiger partial charge in [-0.3, -0.25) is 0 Å². The van der Waals surface area contributed by atoms with Crippen molar-refractivity contribution in [3.8, 4) is 17.2 Å². The standard InChI is InChI=1S/3C16H27O2PS2.Mo/c3*1-3-5-7-10-14-11-9-13-16(18-19(17,20)21)15(14)12-8-6-4-2;/h3*9,11,13H,3-8,10,12H2,1-2H3,(H2,17,20,21);/q;;;+6/p-6. The van der Waals surface area contributed by atoms with E-state index in [0.29, 0.717) is 17.2 Å². The van der Waals surface area contributed by atoms with E-state index in [1.165, 1.54) is 113 Å². The molecule has 3 atom stereocenters. The smallest absolute Gasteiger partial charge is 0.809 e. The maximum atomic E-state index is 11.6. The van der Waals surface area contributed by atoms with Crippen molar-refractivity contribution in [3.05, 3.63) is 88.0 Å². The van der Waals surface area contributed by atoms with E-state index < -0.39 is 17.1 Å². The molecule has 0 bridgehead atoms. The molecule has 0 spiro atoms. The van der Waals surface area contributed by atoms with Crippen LogP contribution in [0.25, 0.3) is 0 Å². The van der Waals surface area contributed by atoms with Gasteiger partial charge in [-0.2, -0.15) is 0 Å². The summed E-state index contributed by atoms with van der Waals surface area (Å²) in [4.78, 5) is 34.9. The minimum Gasteiger partial charge on any atom is -0.809 e. The summed E-state index contributed by atoms with van der Waals surface area (Å²) in [6.45, 7) is 13.2. The summed E-state index contributed by atoms with van der Waals surface area (Å²) in [5, 5.41) is 0. The van der Waals surface area contributed by atoms with Gasteiger partial charge in [0.1, 0.15) is 17.2 Å². The molecule has 0 aliphatic heterocycles. The van der Waals surface area contributed by atoms with E-state index >= 15 is 0 Å². The quantitative estimate of drug-likeness (QED) is 0.0275. The molecule has 0 amide bonds. The molecule has 16 heteroatoms. The van der Waals surface area contributed by atoms with Crippen LogP contribution in [0.5, 0.6) is 17.2 Å². The van der Waals surface area contributed by atoms with Gasteiger partial charge in [-0.25, -0.2) is 0 Å². The van der Waals surface area contributed by atoms with Gasteiger partial charge in [-0.05, 0) is 129 Å². The maximum absolute atomic E-state index is 11.6. The third-order valence-electron chi connectivity index (χ3n) is 10.6. The average molecular weight is 1130 g/mol. The van der Waals surface area contributed by atoms with Crippen LogP contribution in [0.3, 0.4) is 0 Å². The first kappa shape index (κ1) is 64.6. The van der Waals surface area contributed by atoms with E-state index in [0.717, 1.165) is 74.5 Å². The van der Waals surface area contributed by atoms with E-state index in [9.17, 15) is 14.7 Å². The fourth-order valence-corrected chi connectivity index (χ4v) is 10.0. The monoisotopic (exact) mass is 1130 g/mol. The Kier molecular flexibility index (Phi) is 37.8. The Labute approximate surface area is 435 Å². The average Bonchev–Trinajstić information content (AvgIpc) is 3.20. The Morgan fingerprint density at radius 2 is 0.578 bits per heavy atom. The molecule has 0 N–H and O–H groups in total. The molecule has 0 saturated carbocycles. The number of hydrogen-bond donors (Lipinski definition) is 0.